The monoisotopic (exact) mass is 302 g/mol. The molecule has 1 aromatic heterocycles. The smallest absolute Gasteiger partial charge is 0.225 e. The number of ketones is 1. The second kappa shape index (κ2) is 7.55. The van der Waals surface area contributed by atoms with E-state index in [1.165, 1.54) is 6.20 Å². The number of amides is 1. The molecule has 21 heavy (non-hydrogen) atoms. The highest BCUT2D eigenvalue weighted by Gasteiger charge is 2.08. The fraction of sp³-hybridized carbons (Fsp3) is 0.188. The Kier molecular flexibility index (Phi) is 5.46. The first kappa shape index (κ1) is 15.2. The highest BCUT2D eigenvalue weighted by atomic mass is 35.5. The molecular weight excluding hydrogens is 288 g/mol. The number of anilines is 1. The summed E-state index contributed by atoms with van der Waals surface area (Å²) in [5.41, 5.74) is 0.675. The second-order valence-corrected chi connectivity index (χ2v) is 4.99. The predicted octanol–water partition coefficient (Wildman–Crippen LogP) is 3.73. The Hall–Kier alpha value is -2.20. The van der Waals surface area contributed by atoms with E-state index in [4.69, 9.17) is 11.6 Å². The van der Waals surface area contributed by atoms with E-state index in [0.717, 1.165) is 0 Å². The third-order valence-corrected chi connectivity index (χ3v) is 3.13. The standard InChI is InChI=1S/C16H15ClN2O2/c17-13-9-10-18-15(11-13)19-16(21)8-4-7-14(20)12-5-2-1-3-6-12/h1-3,5-6,9-11H,4,7-8H2,(H,18,19,21). The molecular formula is C16H15ClN2O2. The lowest BCUT2D eigenvalue weighted by Gasteiger charge is -2.04. The molecule has 1 N–H and O–H groups in total. The van der Waals surface area contributed by atoms with Crippen LogP contribution >= 0.6 is 11.6 Å². The van der Waals surface area contributed by atoms with Crippen LogP contribution in [-0.2, 0) is 4.79 Å². The predicted molar refractivity (Wildman–Crippen MR) is 82.5 cm³/mol. The number of rotatable bonds is 6. The fourth-order valence-electron chi connectivity index (χ4n) is 1.86. The minimum atomic E-state index is -0.175. The van der Waals surface area contributed by atoms with Gasteiger partial charge in [0.2, 0.25) is 5.91 Å². The van der Waals surface area contributed by atoms with Crippen LogP contribution in [-0.4, -0.2) is 16.7 Å². The summed E-state index contributed by atoms with van der Waals surface area (Å²) in [6, 6.07) is 12.3. The molecule has 108 valence electrons. The average molecular weight is 303 g/mol. The van der Waals surface area contributed by atoms with Crippen molar-refractivity contribution >= 4 is 29.1 Å². The van der Waals surface area contributed by atoms with E-state index in [1.807, 2.05) is 18.2 Å². The number of carbonyl (C=O) groups is 2. The first-order chi connectivity index (χ1) is 10.1. The van der Waals surface area contributed by atoms with Crippen molar-refractivity contribution in [1.82, 2.24) is 4.98 Å². The van der Waals surface area contributed by atoms with Crippen molar-refractivity contribution in [3.05, 3.63) is 59.2 Å². The third kappa shape index (κ3) is 5.00. The summed E-state index contributed by atoms with van der Waals surface area (Å²) in [6.45, 7) is 0. The Balaban J connectivity index is 1.76. The van der Waals surface area contributed by atoms with Gasteiger partial charge in [-0.2, -0.15) is 0 Å². The van der Waals surface area contributed by atoms with Gasteiger partial charge in [-0.1, -0.05) is 41.9 Å². The molecule has 0 radical (unpaired) electrons. The summed E-state index contributed by atoms with van der Waals surface area (Å²) in [4.78, 5) is 27.6. The van der Waals surface area contributed by atoms with Crippen LogP contribution in [0.15, 0.2) is 48.7 Å². The Morgan fingerprint density at radius 1 is 1.10 bits per heavy atom. The van der Waals surface area contributed by atoms with Crippen LogP contribution in [0.2, 0.25) is 5.02 Å². The lowest BCUT2D eigenvalue weighted by Crippen LogP contribution is -2.12. The summed E-state index contributed by atoms with van der Waals surface area (Å²) in [5.74, 6) is 0.289. The zero-order valence-corrected chi connectivity index (χ0v) is 12.1. The molecule has 0 atom stereocenters. The molecule has 2 rings (SSSR count). The zero-order valence-electron chi connectivity index (χ0n) is 11.4. The molecule has 0 aliphatic rings. The van der Waals surface area contributed by atoms with Gasteiger partial charge in [0.1, 0.15) is 5.82 Å². The number of hydrogen-bond donors (Lipinski definition) is 1. The molecule has 0 saturated carbocycles. The van der Waals surface area contributed by atoms with Gasteiger partial charge in [-0.25, -0.2) is 4.98 Å². The van der Waals surface area contributed by atoms with Crippen molar-refractivity contribution in [3.8, 4) is 0 Å². The van der Waals surface area contributed by atoms with Gasteiger partial charge >= 0.3 is 0 Å². The van der Waals surface area contributed by atoms with Crippen molar-refractivity contribution in [1.29, 1.82) is 0 Å². The first-order valence-electron chi connectivity index (χ1n) is 6.65. The maximum atomic E-state index is 11.9. The van der Waals surface area contributed by atoms with Gasteiger partial charge in [-0.05, 0) is 18.6 Å². The number of nitrogens with zero attached hydrogens (tertiary/aromatic N) is 1. The number of hydrogen-bond acceptors (Lipinski definition) is 3. The number of aromatic nitrogens is 1. The Labute approximate surface area is 128 Å². The van der Waals surface area contributed by atoms with Crippen LogP contribution in [0, 0.1) is 0 Å². The number of Topliss-reactive ketones (excluding diaryl/α,β-unsaturated/α-hetero) is 1. The van der Waals surface area contributed by atoms with Gasteiger partial charge in [0.05, 0.1) is 0 Å². The molecule has 4 nitrogen and oxygen atoms in total. The van der Waals surface area contributed by atoms with Crippen molar-refractivity contribution < 1.29 is 9.59 Å². The van der Waals surface area contributed by atoms with Crippen LogP contribution in [0.3, 0.4) is 0 Å². The molecule has 0 fully saturated rings. The van der Waals surface area contributed by atoms with Crippen molar-refractivity contribution in [2.45, 2.75) is 19.3 Å². The van der Waals surface area contributed by atoms with Crippen molar-refractivity contribution in [2.75, 3.05) is 5.32 Å². The summed E-state index contributed by atoms with van der Waals surface area (Å²) in [5, 5.41) is 3.16. The van der Waals surface area contributed by atoms with Gasteiger partial charge in [0.15, 0.2) is 5.78 Å². The van der Waals surface area contributed by atoms with Gasteiger partial charge in [-0.15, -0.1) is 0 Å². The number of carbonyl (C=O) groups excluding carboxylic acids is 2. The van der Waals surface area contributed by atoms with Crippen LogP contribution < -0.4 is 5.32 Å². The topological polar surface area (TPSA) is 59.1 Å². The molecule has 1 heterocycles. The van der Waals surface area contributed by atoms with E-state index >= 15 is 0 Å². The van der Waals surface area contributed by atoms with Crippen LogP contribution in [0.4, 0.5) is 5.82 Å². The fourth-order valence-corrected chi connectivity index (χ4v) is 2.02. The molecule has 0 unspecified atom stereocenters. The van der Waals surface area contributed by atoms with Gasteiger partial charge in [0.25, 0.3) is 0 Å². The average Bonchev–Trinajstić information content (AvgIpc) is 2.48. The van der Waals surface area contributed by atoms with E-state index < -0.39 is 0 Å². The highest BCUT2D eigenvalue weighted by Crippen LogP contribution is 2.12. The van der Waals surface area contributed by atoms with Gasteiger partial charge < -0.3 is 5.32 Å². The van der Waals surface area contributed by atoms with E-state index in [1.54, 1.807) is 24.3 Å². The van der Waals surface area contributed by atoms with Crippen LogP contribution in [0.5, 0.6) is 0 Å². The van der Waals surface area contributed by atoms with Crippen LogP contribution in [0.25, 0.3) is 0 Å². The van der Waals surface area contributed by atoms with E-state index in [2.05, 4.69) is 10.3 Å². The Morgan fingerprint density at radius 3 is 2.57 bits per heavy atom. The molecule has 0 aliphatic carbocycles. The maximum absolute atomic E-state index is 11.9. The third-order valence-electron chi connectivity index (χ3n) is 2.89. The molecule has 1 amide bonds. The summed E-state index contributed by atoms with van der Waals surface area (Å²) < 4.78 is 0. The molecule has 0 saturated heterocycles. The normalized spacial score (nSPS) is 10.1. The first-order valence-corrected chi connectivity index (χ1v) is 7.02. The van der Waals surface area contributed by atoms with E-state index in [0.29, 0.717) is 29.2 Å². The highest BCUT2D eigenvalue weighted by molar-refractivity contribution is 6.30. The maximum Gasteiger partial charge on any atom is 0.225 e. The Bertz CT molecular complexity index is 629. The molecule has 5 heteroatoms. The summed E-state index contributed by atoms with van der Waals surface area (Å²) >= 11 is 5.81. The molecule has 1 aromatic carbocycles. The number of halogens is 1. The molecule has 0 aliphatic heterocycles. The van der Waals surface area contributed by atoms with Crippen LogP contribution in [0.1, 0.15) is 29.6 Å². The van der Waals surface area contributed by atoms with Gasteiger partial charge in [-0.3, -0.25) is 9.59 Å². The summed E-state index contributed by atoms with van der Waals surface area (Å²) in [7, 11) is 0. The number of benzene rings is 1. The number of pyridine rings is 1. The molecule has 2 aromatic rings. The summed E-state index contributed by atoms with van der Waals surface area (Å²) in [6.07, 6.45) is 2.64. The SMILES string of the molecule is O=C(CCCC(=O)c1ccccc1)Nc1cc(Cl)ccn1. The minimum absolute atomic E-state index is 0.0456. The lowest BCUT2D eigenvalue weighted by atomic mass is 10.1. The van der Waals surface area contributed by atoms with Crippen molar-refractivity contribution in [3.63, 3.8) is 0 Å². The zero-order chi connectivity index (χ0) is 15.1. The largest absolute Gasteiger partial charge is 0.311 e. The van der Waals surface area contributed by atoms with E-state index in [9.17, 15) is 9.59 Å². The van der Waals surface area contributed by atoms with Gasteiger partial charge in [0, 0.05) is 29.6 Å². The number of nitrogens with one attached hydrogen (secondary N) is 1. The Morgan fingerprint density at radius 2 is 1.86 bits per heavy atom. The van der Waals surface area contributed by atoms with Crippen molar-refractivity contribution in [2.24, 2.45) is 0 Å². The second-order valence-electron chi connectivity index (χ2n) is 4.55. The van der Waals surface area contributed by atoms with E-state index in [-0.39, 0.29) is 18.1 Å². The quantitative estimate of drug-likeness (QED) is 0.827. The molecule has 0 bridgehead atoms. The minimum Gasteiger partial charge on any atom is -0.311 e. The lowest BCUT2D eigenvalue weighted by molar-refractivity contribution is -0.116. The molecule has 0 spiro atoms.